The summed E-state index contributed by atoms with van der Waals surface area (Å²) in [6.07, 6.45) is 0. The van der Waals surface area contributed by atoms with E-state index in [1.54, 1.807) is 26.3 Å². The van der Waals surface area contributed by atoms with Gasteiger partial charge in [-0.25, -0.2) is 4.98 Å². The molecule has 0 fully saturated rings. The number of aromatic nitrogens is 3. The van der Waals surface area contributed by atoms with Crippen LogP contribution in [0, 0.1) is 0 Å². The van der Waals surface area contributed by atoms with Gasteiger partial charge in [0.1, 0.15) is 11.6 Å². The van der Waals surface area contributed by atoms with Crippen molar-refractivity contribution in [1.29, 1.82) is 0 Å². The molecule has 1 aromatic heterocycles. The van der Waals surface area contributed by atoms with Crippen molar-refractivity contribution < 1.29 is 4.74 Å². The molecule has 0 unspecified atom stereocenters. The normalized spacial score (nSPS) is 11.4. The minimum absolute atomic E-state index is 0.442. The molecule has 28 heavy (non-hydrogen) atoms. The van der Waals surface area contributed by atoms with E-state index in [-0.39, 0.29) is 0 Å². The maximum Gasteiger partial charge on any atom is 0.191 e. The Bertz CT molecular complexity index is 955. The fraction of sp³-hybridized carbons (Fsp3) is 0.211. The van der Waals surface area contributed by atoms with E-state index in [0.29, 0.717) is 40.7 Å². The average Bonchev–Trinajstić information content (AvgIpc) is 3.18. The summed E-state index contributed by atoms with van der Waals surface area (Å²) >= 11 is 12.1. The molecule has 7 nitrogen and oxygen atoms in total. The Hall–Kier alpha value is -2.77. The van der Waals surface area contributed by atoms with E-state index in [4.69, 9.17) is 27.9 Å². The van der Waals surface area contributed by atoms with Gasteiger partial charge < -0.3 is 15.4 Å². The van der Waals surface area contributed by atoms with Gasteiger partial charge in [0.2, 0.25) is 0 Å². The Morgan fingerprint density at radius 3 is 2.54 bits per heavy atom. The number of guanidine groups is 1. The van der Waals surface area contributed by atoms with Crippen LogP contribution in [0.15, 0.2) is 47.5 Å². The molecule has 3 aromatic rings. The van der Waals surface area contributed by atoms with Crippen molar-refractivity contribution >= 4 is 29.2 Å². The highest BCUT2D eigenvalue weighted by atomic mass is 35.5. The highest BCUT2D eigenvalue weighted by molar-refractivity contribution is 6.35. The van der Waals surface area contributed by atoms with Gasteiger partial charge in [0.25, 0.3) is 0 Å². The Balaban J connectivity index is 1.55. The fourth-order valence-corrected chi connectivity index (χ4v) is 2.95. The van der Waals surface area contributed by atoms with Crippen LogP contribution < -0.4 is 15.4 Å². The zero-order valence-corrected chi connectivity index (χ0v) is 17.0. The van der Waals surface area contributed by atoms with Gasteiger partial charge in [-0.1, -0.05) is 29.3 Å². The summed E-state index contributed by atoms with van der Waals surface area (Å²) < 4.78 is 5.16. The summed E-state index contributed by atoms with van der Waals surface area (Å²) in [5.41, 5.74) is 1.83. The number of rotatable bonds is 6. The van der Waals surface area contributed by atoms with Gasteiger partial charge in [0, 0.05) is 29.2 Å². The predicted octanol–water partition coefficient (Wildman–Crippen LogP) is 3.65. The van der Waals surface area contributed by atoms with E-state index in [9.17, 15) is 0 Å². The SMILES string of the molecule is CN=C(NCc1nc(-c2ccc(OC)cc2)n[nH]1)NCc1ccc(Cl)cc1Cl. The van der Waals surface area contributed by atoms with Crippen LogP contribution in [0.3, 0.4) is 0 Å². The smallest absolute Gasteiger partial charge is 0.191 e. The first-order valence-corrected chi connectivity index (χ1v) is 9.29. The molecule has 3 N–H and O–H groups in total. The molecule has 0 saturated carbocycles. The molecular weight excluding hydrogens is 399 g/mol. The predicted molar refractivity (Wildman–Crippen MR) is 112 cm³/mol. The van der Waals surface area contributed by atoms with E-state index in [2.05, 4.69) is 30.8 Å². The van der Waals surface area contributed by atoms with Crippen molar-refractivity contribution in [2.45, 2.75) is 13.1 Å². The Morgan fingerprint density at radius 2 is 1.86 bits per heavy atom. The monoisotopic (exact) mass is 418 g/mol. The van der Waals surface area contributed by atoms with Gasteiger partial charge in [0.15, 0.2) is 11.8 Å². The topological polar surface area (TPSA) is 87.2 Å². The van der Waals surface area contributed by atoms with Crippen molar-refractivity contribution in [1.82, 2.24) is 25.8 Å². The summed E-state index contributed by atoms with van der Waals surface area (Å²) in [4.78, 5) is 8.69. The molecule has 0 saturated heterocycles. The molecule has 0 atom stereocenters. The minimum atomic E-state index is 0.442. The molecule has 146 valence electrons. The van der Waals surface area contributed by atoms with E-state index >= 15 is 0 Å². The van der Waals surface area contributed by atoms with Gasteiger partial charge in [0.05, 0.1) is 13.7 Å². The average molecular weight is 419 g/mol. The maximum atomic E-state index is 6.19. The third-order valence-corrected chi connectivity index (χ3v) is 4.58. The number of hydrogen-bond acceptors (Lipinski definition) is 4. The fourth-order valence-electron chi connectivity index (χ4n) is 2.48. The molecule has 3 rings (SSSR count). The number of methoxy groups -OCH3 is 1. The van der Waals surface area contributed by atoms with Crippen LogP contribution in [0.1, 0.15) is 11.4 Å². The van der Waals surface area contributed by atoms with Crippen LogP contribution in [0.25, 0.3) is 11.4 Å². The lowest BCUT2D eigenvalue weighted by molar-refractivity contribution is 0.415. The number of nitrogens with zero attached hydrogens (tertiary/aromatic N) is 3. The number of aliphatic imine (C=N–C) groups is 1. The largest absolute Gasteiger partial charge is 0.497 e. The van der Waals surface area contributed by atoms with Crippen LogP contribution in [-0.2, 0) is 13.1 Å². The van der Waals surface area contributed by atoms with E-state index in [0.717, 1.165) is 16.9 Å². The molecule has 0 aliphatic carbocycles. The molecule has 0 bridgehead atoms. The first-order chi connectivity index (χ1) is 13.6. The van der Waals surface area contributed by atoms with Crippen molar-refractivity contribution in [2.24, 2.45) is 4.99 Å². The molecule has 0 aliphatic rings. The number of H-pyrrole nitrogens is 1. The number of hydrogen-bond donors (Lipinski definition) is 3. The van der Waals surface area contributed by atoms with Crippen molar-refractivity contribution in [3.05, 3.63) is 63.9 Å². The standard InChI is InChI=1S/C19H20Cl2N6O/c1-22-19(23-10-13-3-6-14(20)9-16(13)21)24-11-17-25-18(27-26-17)12-4-7-15(28-2)8-5-12/h3-9H,10-11H2,1-2H3,(H2,22,23,24)(H,25,26,27). The molecule has 0 radical (unpaired) electrons. The lowest BCUT2D eigenvalue weighted by Crippen LogP contribution is -2.36. The summed E-state index contributed by atoms with van der Waals surface area (Å²) in [7, 11) is 3.33. The summed E-state index contributed by atoms with van der Waals surface area (Å²) in [6.45, 7) is 0.959. The van der Waals surface area contributed by atoms with Crippen molar-refractivity contribution in [2.75, 3.05) is 14.2 Å². The van der Waals surface area contributed by atoms with Gasteiger partial charge in [-0.3, -0.25) is 10.1 Å². The maximum absolute atomic E-state index is 6.19. The van der Waals surface area contributed by atoms with Crippen molar-refractivity contribution in [3.63, 3.8) is 0 Å². The van der Waals surface area contributed by atoms with Crippen LogP contribution in [0.5, 0.6) is 5.75 Å². The number of nitrogens with one attached hydrogen (secondary N) is 3. The summed E-state index contributed by atoms with van der Waals surface area (Å²) in [5, 5.41) is 14.8. The first-order valence-electron chi connectivity index (χ1n) is 8.53. The third-order valence-electron chi connectivity index (χ3n) is 3.99. The summed E-state index contributed by atoms with van der Waals surface area (Å²) in [5.74, 6) is 2.72. The van der Waals surface area contributed by atoms with Crippen molar-refractivity contribution in [3.8, 4) is 17.1 Å². The number of benzene rings is 2. The summed E-state index contributed by atoms with van der Waals surface area (Å²) in [6, 6.07) is 13.0. The third kappa shape index (κ3) is 5.15. The molecule has 0 aliphatic heterocycles. The van der Waals surface area contributed by atoms with E-state index in [1.165, 1.54) is 0 Å². The highest BCUT2D eigenvalue weighted by Gasteiger charge is 2.08. The quantitative estimate of drug-likeness (QED) is 0.420. The lowest BCUT2D eigenvalue weighted by atomic mass is 10.2. The van der Waals surface area contributed by atoms with Crippen LogP contribution >= 0.6 is 23.2 Å². The Kier molecular flexibility index (Phi) is 6.73. The van der Waals surface area contributed by atoms with Gasteiger partial charge >= 0.3 is 0 Å². The zero-order chi connectivity index (χ0) is 19.9. The molecule has 0 amide bonds. The number of halogens is 2. The van der Waals surface area contributed by atoms with Gasteiger partial charge in [-0.05, 0) is 42.0 Å². The number of aromatic amines is 1. The minimum Gasteiger partial charge on any atom is -0.497 e. The van der Waals surface area contributed by atoms with E-state index < -0.39 is 0 Å². The Labute approximate surface area is 173 Å². The van der Waals surface area contributed by atoms with Crippen LogP contribution in [0.2, 0.25) is 10.0 Å². The second kappa shape index (κ2) is 9.43. The van der Waals surface area contributed by atoms with E-state index in [1.807, 2.05) is 30.3 Å². The Morgan fingerprint density at radius 1 is 1.11 bits per heavy atom. The molecule has 0 spiro atoms. The highest BCUT2D eigenvalue weighted by Crippen LogP contribution is 2.21. The van der Waals surface area contributed by atoms with Crippen LogP contribution in [-0.4, -0.2) is 35.3 Å². The molecule has 1 heterocycles. The van der Waals surface area contributed by atoms with Gasteiger partial charge in [-0.15, -0.1) is 0 Å². The lowest BCUT2D eigenvalue weighted by Gasteiger charge is -2.11. The molecule has 2 aromatic carbocycles. The zero-order valence-electron chi connectivity index (χ0n) is 15.5. The molecular formula is C19H20Cl2N6O. The molecule has 9 heteroatoms. The van der Waals surface area contributed by atoms with Gasteiger partial charge in [-0.2, -0.15) is 5.10 Å². The second-order valence-electron chi connectivity index (χ2n) is 5.85. The number of ether oxygens (including phenoxy) is 1. The first kappa shape index (κ1) is 20.0. The second-order valence-corrected chi connectivity index (χ2v) is 6.69. The van der Waals surface area contributed by atoms with Crippen LogP contribution in [0.4, 0.5) is 0 Å².